The monoisotopic (exact) mass is 337 g/mol. The first-order valence-corrected chi connectivity index (χ1v) is 8.14. The second-order valence-corrected chi connectivity index (χ2v) is 7.07. The van der Waals surface area contributed by atoms with Crippen molar-refractivity contribution in [3.63, 3.8) is 0 Å². The van der Waals surface area contributed by atoms with Crippen LogP contribution in [0.25, 0.3) is 11.3 Å². The SMILES string of the molecule is Cc1sc(CC2CCOC2)nc1-c1ccccc1Br. The number of aromatic nitrogens is 1. The van der Waals surface area contributed by atoms with Crippen LogP contribution in [-0.4, -0.2) is 18.2 Å². The highest BCUT2D eigenvalue weighted by Gasteiger charge is 2.19. The third-order valence-corrected chi connectivity index (χ3v) is 5.14. The van der Waals surface area contributed by atoms with E-state index in [1.807, 2.05) is 17.4 Å². The molecular formula is C15H16BrNOS. The maximum Gasteiger partial charge on any atom is 0.0939 e. The summed E-state index contributed by atoms with van der Waals surface area (Å²) >= 11 is 5.43. The Labute approximate surface area is 126 Å². The van der Waals surface area contributed by atoms with Gasteiger partial charge in [0.25, 0.3) is 0 Å². The molecule has 19 heavy (non-hydrogen) atoms. The van der Waals surface area contributed by atoms with Crippen LogP contribution >= 0.6 is 27.3 Å². The molecular weight excluding hydrogens is 322 g/mol. The standard InChI is InChI=1S/C15H16BrNOS/c1-10-15(12-4-2-3-5-13(12)16)17-14(19-10)8-11-6-7-18-9-11/h2-5,11H,6-9H2,1H3. The Bertz CT molecular complexity index is 575. The fraction of sp³-hybridized carbons (Fsp3) is 0.400. The van der Waals surface area contributed by atoms with Crippen molar-refractivity contribution in [1.29, 1.82) is 0 Å². The Morgan fingerprint density at radius 2 is 2.26 bits per heavy atom. The molecule has 1 unspecified atom stereocenters. The number of ether oxygens (including phenoxy) is 1. The van der Waals surface area contributed by atoms with Crippen LogP contribution in [0.5, 0.6) is 0 Å². The number of aryl methyl sites for hydroxylation is 1. The molecule has 1 aliphatic heterocycles. The third-order valence-electron chi connectivity index (χ3n) is 3.46. The Hall–Kier alpha value is -0.710. The molecule has 3 rings (SSSR count). The summed E-state index contributed by atoms with van der Waals surface area (Å²) in [5, 5.41) is 1.23. The summed E-state index contributed by atoms with van der Waals surface area (Å²) in [6.07, 6.45) is 2.22. The topological polar surface area (TPSA) is 22.1 Å². The van der Waals surface area contributed by atoms with Gasteiger partial charge >= 0.3 is 0 Å². The van der Waals surface area contributed by atoms with Gasteiger partial charge in [-0.05, 0) is 25.3 Å². The van der Waals surface area contributed by atoms with Gasteiger partial charge in [-0.3, -0.25) is 0 Å². The van der Waals surface area contributed by atoms with Gasteiger partial charge in [0.05, 0.1) is 10.7 Å². The minimum atomic E-state index is 0.651. The molecule has 0 bridgehead atoms. The highest BCUT2D eigenvalue weighted by Crippen LogP contribution is 2.33. The molecule has 0 N–H and O–H groups in total. The summed E-state index contributed by atoms with van der Waals surface area (Å²) in [5.74, 6) is 0.651. The molecule has 0 spiro atoms. The highest BCUT2D eigenvalue weighted by atomic mass is 79.9. The number of benzene rings is 1. The fourth-order valence-electron chi connectivity index (χ4n) is 2.43. The predicted octanol–water partition coefficient (Wildman–Crippen LogP) is 4.46. The van der Waals surface area contributed by atoms with Crippen molar-refractivity contribution in [1.82, 2.24) is 4.98 Å². The fourth-order valence-corrected chi connectivity index (χ4v) is 3.97. The van der Waals surface area contributed by atoms with Gasteiger partial charge in [0.1, 0.15) is 0 Å². The molecule has 2 nitrogen and oxygen atoms in total. The number of rotatable bonds is 3. The molecule has 0 aliphatic carbocycles. The van der Waals surface area contributed by atoms with Crippen molar-refractivity contribution in [3.8, 4) is 11.3 Å². The molecule has 2 aromatic rings. The summed E-state index contributed by atoms with van der Waals surface area (Å²) < 4.78 is 6.55. The van der Waals surface area contributed by atoms with E-state index in [1.165, 1.54) is 21.9 Å². The summed E-state index contributed by atoms with van der Waals surface area (Å²) in [5.41, 5.74) is 2.30. The first kappa shape index (κ1) is 13.3. The molecule has 1 fully saturated rings. The molecule has 0 amide bonds. The number of hydrogen-bond acceptors (Lipinski definition) is 3. The number of thiazole rings is 1. The number of hydrogen-bond donors (Lipinski definition) is 0. The Morgan fingerprint density at radius 3 is 3.00 bits per heavy atom. The Morgan fingerprint density at radius 1 is 1.42 bits per heavy atom. The predicted molar refractivity (Wildman–Crippen MR) is 82.6 cm³/mol. The number of halogens is 1. The van der Waals surface area contributed by atoms with Crippen LogP contribution in [0.3, 0.4) is 0 Å². The van der Waals surface area contributed by atoms with Gasteiger partial charge in [-0.1, -0.05) is 34.1 Å². The van der Waals surface area contributed by atoms with E-state index >= 15 is 0 Å². The third kappa shape index (κ3) is 2.91. The second kappa shape index (κ2) is 5.73. The zero-order valence-corrected chi connectivity index (χ0v) is 13.3. The zero-order valence-electron chi connectivity index (χ0n) is 10.9. The normalized spacial score (nSPS) is 18.9. The van der Waals surface area contributed by atoms with E-state index in [0.717, 1.165) is 29.8 Å². The molecule has 100 valence electrons. The molecule has 1 atom stereocenters. The average molecular weight is 338 g/mol. The van der Waals surface area contributed by atoms with Crippen LogP contribution in [-0.2, 0) is 11.2 Å². The summed E-state index contributed by atoms with van der Waals surface area (Å²) in [4.78, 5) is 6.13. The first-order chi connectivity index (χ1) is 9.24. The summed E-state index contributed by atoms with van der Waals surface area (Å²) in [7, 11) is 0. The van der Waals surface area contributed by atoms with E-state index in [-0.39, 0.29) is 0 Å². The van der Waals surface area contributed by atoms with Gasteiger partial charge in [0.2, 0.25) is 0 Å². The minimum Gasteiger partial charge on any atom is -0.381 e. The second-order valence-electron chi connectivity index (χ2n) is 4.93. The Kier molecular flexibility index (Phi) is 4.01. The van der Waals surface area contributed by atoms with E-state index in [0.29, 0.717) is 5.92 Å². The molecule has 2 heterocycles. The molecule has 1 aromatic carbocycles. The quantitative estimate of drug-likeness (QED) is 0.824. The van der Waals surface area contributed by atoms with E-state index in [4.69, 9.17) is 9.72 Å². The average Bonchev–Trinajstić information content (AvgIpc) is 3.01. The maximum absolute atomic E-state index is 5.44. The lowest BCUT2D eigenvalue weighted by Crippen LogP contribution is -2.03. The highest BCUT2D eigenvalue weighted by molar-refractivity contribution is 9.10. The van der Waals surface area contributed by atoms with E-state index in [2.05, 4.69) is 41.1 Å². The van der Waals surface area contributed by atoms with Gasteiger partial charge in [-0.2, -0.15) is 0 Å². The lowest BCUT2D eigenvalue weighted by Gasteiger charge is -2.03. The van der Waals surface area contributed by atoms with Crippen LogP contribution < -0.4 is 0 Å². The minimum absolute atomic E-state index is 0.651. The zero-order chi connectivity index (χ0) is 13.2. The van der Waals surface area contributed by atoms with Crippen molar-refractivity contribution in [2.45, 2.75) is 19.8 Å². The van der Waals surface area contributed by atoms with Crippen LogP contribution in [0, 0.1) is 12.8 Å². The van der Waals surface area contributed by atoms with Crippen LogP contribution in [0.1, 0.15) is 16.3 Å². The van der Waals surface area contributed by atoms with Crippen LogP contribution in [0.2, 0.25) is 0 Å². The molecule has 0 radical (unpaired) electrons. The van der Waals surface area contributed by atoms with Crippen molar-refractivity contribution in [2.75, 3.05) is 13.2 Å². The largest absolute Gasteiger partial charge is 0.381 e. The molecule has 1 saturated heterocycles. The maximum atomic E-state index is 5.44. The van der Waals surface area contributed by atoms with E-state index in [1.54, 1.807) is 0 Å². The summed E-state index contributed by atoms with van der Waals surface area (Å²) in [6.45, 7) is 3.95. The van der Waals surface area contributed by atoms with Crippen molar-refractivity contribution in [3.05, 3.63) is 38.6 Å². The first-order valence-electron chi connectivity index (χ1n) is 6.53. The van der Waals surface area contributed by atoms with Crippen LogP contribution in [0.15, 0.2) is 28.7 Å². The molecule has 1 aliphatic rings. The van der Waals surface area contributed by atoms with Gasteiger partial charge in [-0.25, -0.2) is 4.98 Å². The number of nitrogens with zero attached hydrogens (tertiary/aromatic N) is 1. The Balaban J connectivity index is 1.87. The van der Waals surface area contributed by atoms with Crippen molar-refractivity contribution >= 4 is 27.3 Å². The van der Waals surface area contributed by atoms with Crippen LogP contribution in [0.4, 0.5) is 0 Å². The lowest BCUT2D eigenvalue weighted by molar-refractivity contribution is 0.186. The van der Waals surface area contributed by atoms with Crippen molar-refractivity contribution < 1.29 is 4.74 Å². The van der Waals surface area contributed by atoms with E-state index in [9.17, 15) is 0 Å². The van der Waals surface area contributed by atoms with Crippen molar-refractivity contribution in [2.24, 2.45) is 5.92 Å². The van der Waals surface area contributed by atoms with Gasteiger partial charge in [0.15, 0.2) is 0 Å². The van der Waals surface area contributed by atoms with Gasteiger partial charge < -0.3 is 4.74 Å². The molecule has 0 saturated carbocycles. The molecule has 4 heteroatoms. The van der Waals surface area contributed by atoms with Gasteiger partial charge in [-0.15, -0.1) is 11.3 Å². The molecule has 1 aromatic heterocycles. The lowest BCUT2D eigenvalue weighted by atomic mass is 10.1. The van der Waals surface area contributed by atoms with E-state index < -0.39 is 0 Å². The summed E-state index contributed by atoms with van der Waals surface area (Å²) in [6, 6.07) is 8.28. The van der Waals surface area contributed by atoms with Gasteiger partial charge in [0, 0.05) is 34.5 Å². The smallest absolute Gasteiger partial charge is 0.0939 e.